The molecule has 2 aromatic rings. The average Bonchev–Trinajstić information content (AvgIpc) is 3.06. The Hall–Kier alpha value is -2.18. The molecule has 128 valence electrons. The number of piperazine rings is 1. The summed E-state index contributed by atoms with van der Waals surface area (Å²) in [6.45, 7) is 7.53. The fraction of sp³-hybridized carbons (Fsp3) is 0.444. The number of pyridine rings is 1. The predicted octanol–water partition coefficient (Wildman–Crippen LogP) is 2.17. The lowest BCUT2D eigenvalue weighted by Gasteiger charge is -2.34. The number of esters is 1. The zero-order valence-corrected chi connectivity index (χ0v) is 14.0. The molecule has 6 nitrogen and oxygen atoms in total. The third-order valence-corrected chi connectivity index (χ3v) is 4.18. The summed E-state index contributed by atoms with van der Waals surface area (Å²) < 4.78 is 10.6. The molecular formula is C18H23N3O3. The van der Waals surface area contributed by atoms with E-state index >= 15 is 0 Å². The smallest absolute Gasteiger partial charge is 0.341 e. The van der Waals surface area contributed by atoms with Crippen LogP contribution in [0, 0.1) is 0 Å². The molecule has 1 fully saturated rings. The Morgan fingerprint density at radius 1 is 1.17 bits per heavy atom. The van der Waals surface area contributed by atoms with Crippen LogP contribution in [0.2, 0.25) is 0 Å². The molecule has 0 bridgehead atoms. The van der Waals surface area contributed by atoms with Crippen LogP contribution in [0.4, 0.5) is 0 Å². The van der Waals surface area contributed by atoms with E-state index < -0.39 is 0 Å². The molecule has 0 aromatic carbocycles. The van der Waals surface area contributed by atoms with Gasteiger partial charge in [0, 0.05) is 38.9 Å². The molecule has 6 heteroatoms. The van der Waals surface area contributed by atoms with Gasteiger partial charge in [0.2, 0.25) is 0 Å². The van der Waals surface area contributed by atoms with Gasteiger partial charge in [0.1, 0.15) is 11.3 Å². The van der Waals surface area contributed by atoms with E-state index in [0.717, 1.165) is 38.4 Å². The topological polar surface area (TPSA) is 58.8 Å². The molecule has 1 saturated heterocycles. The maximum Gasteiger partial charge on any atom is 0.341 e. The van der Waals surface area contributed by atoms with Crippen LogP contribution in [0.1, 0.15) is 28.7 Å². The minimum Gasteiger partial charge on any atom is -0.467 e. The van der Waals surface area contributed by atoms with Crippen LogP contribution in [0.15, 0.2) is 41.1 Å². The SMILES string of the molecule is CCOC(=O)c1ccoc1CN1CCN(Cc2ccccn2)CC1. The Morgan fingerprint density at radius 3 is 2.58 bits per heavy atom. The van der Waals surface area contributed by atoms with Gasteiger partial charge < -0.3 is 9.15 Å². The zero-order chi connectivity index (χ0) is 16.8. The monoisotopic (exact) mass is 329 g/mol. The van der Waals surface area contributed by atoms with E-state index in [1.165, 1.54) is 0 Å². The van der Waals surface area contributed by atoms with E-state index in [-0.39, 0.29) is 5.97 Å². The summed E-state index contributed by atoms with van der Waals surface area (Å²) >= 11 is 0. The van der Waals surface area contributed by atoms with Crippen molar-refractivity contribution in [2.24, 2.45) is 0 Å². The van der Waals surface area contributed by atoms with Gasteiger partial charge in [0.05, 0.1) is 25.1 Å². The number of nitrogens with zero attached hydrogens (tertiary/aromatic N) is 3. The Labute approximate surface area is 142 Å². The Kier molecular flexibility index (Phi) is 5.61. The van der Waals surface area contributed by atoms with Gasteiger partial charge in [-0.1, -0.05) is 6.07 Å². The van der Waals surface area contributed by atoms with Gasteiger partial charge in [-0.2, -0.15) is 0 Å². The summed E-state index contributed by atoms with van der Waals surface area (Å²) in [6.07, 6.45) is 3.39. The molecule has 1 aliphatic heterocycles. The van der Waals surface area contributed by atoms with Crippen molar-refractivity contribution in [1.82, 2.24) is 14.8 Å². The summed E-state index contributed by atoms with van der Waals surface area (Å²) in [6, 6.07) is 7.70. The van der Waals surface area contributed by atoms with Crippen molar-refractivity contribution in [2.75, 3.05) is 32.8 Å². The molecule has 0 amide bonds. The Bertz CT molecular complexity index is 649. The molecule has 3 heterocycles. The van der Waals surface area contributed by atoms with E-state index in [4.69, 9.17) is 9.15 Å². The van der Waals surface area contributed by atoms with Crippen LogP contribution >= 0.6 is 0 Å². The summed E-state index contributed by atoms with van der Waals surface area (Å²) in [4.78, 5) is 21.0. The van der Waals surface area contributed by atoms with Crippen LogP contribution in [0.3, 0.4) is 0 Å². The third kappa shape index (κ3) is 4.21. The minimum absolute atomic E-state index is 0.310. The lowest BCUT2D eigenvalue weighted by molar-refractivity contribution is 0.0520. The Morgan fingerprint density at radius 2 is 1.92 bits per heavy atom. The van der Waals surface area contributed by atoms with Crippen LogP contribution in [0.25, 0.3) is 0 Å². The van der Waals surface area contributed by atoms with Crippen LogP contribution < -0.4 is 0 Å². The van der Waals surface area contributed by atoms with E-state index in [1.54, 1.807) is 19.3 Å². The number of aromatic nitrogens is 1. The van der Waals surface area contributed by atoms with Gasteiger partial charge in [-0.15, -0.1) is 0 Å². The van der Waals surface area contributed by atoms with Crippen molar-refractivity contribution in [3.05, 3.63) is 53.7 Å². The molecule has 2 aromatic heterocycles. The lowest BCUT2D eigenvalue weighted by atomic mass is 10.2. The highest BCUT2D eigenvalue weighted by atomic mass is 16.5. The van der Waals surface area contributed by atoms with Crippen LogP contribution in [-0.2, 0) is 17.8 Å². The van der Waals surface area contributed by atoms with E-state index in [0.29, 0.717) is 24.5 Å². The van der Waals surface area contributed by atoms with Gasteiger partial charge in [0.15, 0.2) is 0 Å². The first-order chi connectivity index (χ1) is 11.8. The maximum absolute atomic E-state index is 11.9. The van der Waals surface area contributed by atoms with Gasteiger partial charge in [-0.3, -0.25) is 14.8 Å². The molecule has 0 radical (unpaired) electrons. The largest absolute Gasteiger partial charge is 0.467 e. The lowest BCUT2D eigenvalue weighted by Crippen LogP contribution is -2.45. The fourth-order valence-electron chi connectivity index (χ4n) is 2.88. The van der Waals surface area contributed by atoms with Gasteiger partial charge in [-0.25, -0.2) is 4.79 Å². The average molecular weight is 329 g/mol. The van der Waals surface area contributed by atoms with Crippen molar-refractivity contribution in [1.29, 1.82) is 0 Å². The van der Waals surface area contributed by atoms with Gasteiger partial charge in [0.25, 0.3) is 0 Å². The molecule has 0 spiro atoms. The van der Waals surface area contributed by atoms with E-state index in [1.807, 2.05) is 18.3 Å². The second-order valence-corrected chi connectivity index (χ2v) is 5.85. The van der Waals surface area contributed by atoms with Crippen molar-refractivity contribution >= 4 is 5.97 Å². The normalized spacial score (nSPS) is 16.2. The highest BCUT2D eigenvalue weighted by Gasteiger charge is 2.22. The first-order valence-electron chi connectivity index (χ1n) is 8.34. The van der Waals surface area contributed by atoms with Crippen molar-refractivity contribution in [3.8, 4) is 0 Å². The van der Waals surface area contributed by atoms with E-state index in [9.17, 15) is 4.79 Å². The summed E-state index contributed by atoms with van der Waals surface area (Å²) in [5.41, 5.74) is 1.63. The zero-order valence-electron chi connectivity index (χ0n) is 14.0. The molecule has 0 atom stereocenters. The molecular weight excluding hydrogens is 306 g/mol. The Balaban J connectivity index is 1.51. The van der Waals surface area contributed by atoms with Gasteiger partial charge >= 0.3 is 5.97 Å². The summed E-state index contributed by atoms with van der Waals surface area (Å²) in [7, 11) is 0. The molecule has 1 aliphatic rings. The second kappa shape index (κ2) is 8.08. The minimum atomic E-state index is -0.310. The van der Waals surface area contributed by atoms with Crippen LogP contribution in [-0.4, -0.2) is 53.5 Å². The number of hydrogen-bond donors (Lipinski definition) is 0. The molecule has 0 aliphatic carbocycles. The van der Waals surface area contributed by atoms with Gasteiger partial charge in [-0.05, 0) is 25.1 Å². The number of ether oxygens (including phenoxy) is 1. The number of furan rings is 1. The maximum atomic E-state index is 11.9. The first-order valence-corrected chi connectivity index (χ1v) is 8.34. The van der Waals surface area contributed by atoms with Crippen LogP contribution in [0.5, 0.6) is 0 Å². The third-order valence-electron chi connectivity index (χ3n) is 4.18. The molecule has 0 saturated carbocycles. The van der Waals surface area contributed by atoms with E-state index in [2.05, 4.69) is 20.9 Å². The molecule has 0 N–H and O–H groups in total. The number of carbonyl (C=O) groups is 1. The molecule has 0 unspecified atom stereocenters. The fourth-order valence-corrected chi connectivity index (χ4v) is 2.88. The summed E-state index contributed by atoms with van der Waals surface area (Å²) in [5, 5.41) is 0. The standard InChI is InChI=1S/C18H23N3O3/c1-2-23-18(22)16-6-12-24-17(16)14-21-10-8-20(9-11-21)13-15-5-3-4-7-19-15/h3-7,12H,2,8-11,13-14H2,1H3. The quantitative estimate of drug-likeness (QED) is 0.757. The van der Waals surface area contributed by atoms with Crippen molar-refractivity contribution < 1.29 is 13.9 Å². The first kappa shape index (κ1) is 16.7. The highest BCUT2D eigenvalue weighted by molar-refractivity contribution is 5.90. The van der Waals surface area contributed by atoms with Crippen molar-refractivity contribution in [3.63, 3.8) is 0 Å². The van der Waals surface area contributed by atoms with Crippen molar-refractivity contribution in [2.45, 2.75) is 20.0 Å². The summed E-state index contributed by atoms with van der Waals surface area (Å²) in [5.74, 6) is 0.377. The number of carbonyl (C=O) groups excluding carboxylic acids is 1. The number of rotatable bonds is 6. The predicted molar refractivity (Wildman–Crippen MR) is 89.5 cm³/mol. The number of hydrogen-bond acceptors (Lipinski definition) is 6. The molecule has 24 heavy (non-hydrogen) atoms. The highest BCUT2D eigenvalue weighted by Crippen LogP contribution is 2.16. The second-order valence-electron chi connectivity index (χ2n) is 5.85. The molecule has 3 rings (SSSR count).